The molecule has 2 heteroatoms. The lowest BCUT2D eigenvalue weighted by molar-refractivity contribution is 0.886. The van der Waals surface area contributed by atoms with Crippen molar-refractivity contribution in [3.8, 4) is 0 Å². The zero-order valence-electron chi connectivity index (χ0n) is 7.25. The number of unbranched alkanes of at least 4 members (excludes halogenated alkanes) is 1. The summed E-state index contributed by atoms with van der Waals surface area (Å²) < 4.78 is 0. The van der Waals surface area contributed by atoms with Gasteiger partial charge in [0, 0.05) is 12.4 Å². The van der Waals surface area contributed by atoms with Gasteiger partial charge in [-0.15, -0.1) is 0 Å². The van der Waals surface area contributed by atoms with Crippen LogP contribution in [0.25, 0.3) is 0 Å². The van der Waals surface area contributed by atoms with Crippen LogP contribution in [0.5, 0.6) is 0 Å². The molecule has 0 amide bonds. The van der Waals surface area contributed by atoms with E-state index in [1.54, 1.807) is 24.5 Å². The Labute approximate surface area is 68.5 Å². The van der Waals surface area contributed by atoms with Crippen molar-refractivity contribution in [3.63, 3.8) is 0 Å². The number of nitrogen functional groups attached to an aromatic ring is 1. The molecule has 0 radical (unpaired) electrons. The number of nitrogens with zero attached hydrogens (tertiary/aromatic N) is 1. The Hall–Kier alpha value is -1.05. The second-order valence-corrected chi connectivity index (χ2v) is 2.29. The molecule has 0 aliphatic rings. The van der Waals surface area contributed by atoms with Crippen LogP contribution >= 0.6 is 0 Å². The second kappa shape index (κ2) is 7.06. The van der Waals surface area contributed by atoms with Crippen molar-refractivity contribution in [1.82, 2.24) is 4.98 Å². The van der Waals surface area contributed by atoms with Crippen LogP contribution in [0.1, 0.15) is 26.7 Å². The van der Waals surface area contributed by atoms with Crippen molar-refractivity contribution in [2.24, 2.45) is 0 Å². The highest BCUT2D eigenvalue weighted by Gasteiger charge is 1.73. The Morgan fingerprint density at radius 1 is 1.36 bits per heavy atom. The van der Waals surface area contributed by atoms with Gasteiger partial charge >= 0.3 is 0 Å². The third kappa shape index (κ3) is 6.84. The fourth-order valence-corrected chi connectivity index (χ4v) is 0.376. The summed E-state index contributed by atoms with van der Waals surface area (Å²) in [5.74, 6) is 0. The summed E-state index contributed by atoms with van der Waals surface area (Å²) in [6, 6.07) is 3.60. The molecule has 0 atom stereocenters. The first-order valence-corrected chi connectivity index (χ1v) is 3.96. The van der Waals surface area contributed by atoms with Crippen LogP contribution in [0.3, 0.4) is 0 Å². The Balaban J connectivity index is 0.000000218. The molecule has 0 saturated carbocycles. The molecule has 0 spiro atoms. The third-order valence-corrected chi connectivity index (χ3v) is 1.18. The lowest BCUT2D eigenvalue weighted by Crippen LogP contribution is -1.82. The van der Waals surface area contributed by atoms with E-state index in [9.17, 15) is 0 Å². The maximum Gasteiger partial charge on any atom is 0.0500 e. The van der Waals surface area contributed by atoms with Crippen LogP contribution in [0, 0.1) is 0 Å². The minimum Gasteiger partial charge on any atom is -0.397 e. The van der Waals surface area contributed by atoms with E-state index in [1.165, 1.54) is 12.8 Å². The monoisotopic (exact) mass is 152 g/mol. The molecular weight excluding hydrogens is 136 g/mol. The Morgan fingerprint density at radius 3 is 2.18 bits per heavy atom. The predicted octanol–water partition coefficient (Wildman–Crippen LogP) is 2.47. The highest BCUT2D eigenvalue weighted by atomic mass is 14.7. The second-order valence-electron chi connectivity index (χ2n) is 2.29. The molecule has 11 heavy (non-hydrogen) atoms. The van der Waals surface area contributed by atoms with Crippen LogP contribution in [-0.2, 0) is 0 Å². The number of anilines is 1. The van der Waals surface area contributed by atoms with Crippen LogP contribution in [0.15, 0.2) is 24.5 Å². The largest absolute Gasteiger partial charge is 0.397 e. The molecule has 1 aromatic heterocycles. The van der Waals surface area contributed by atoms with E-state index < -0.39 is 0 Å². The molecule has 0 aliphatic heterocycles. The zero-order chi connectivity index (χ0) is 8.53. The van der Waals surface area contributed by atoms with Gasteiger partial charge in [0.1, 0.15) is 0 Å². The number of rotatable bonds is 1. The summed E-state index contributed by atoms with van der Waals surface area (Å²) >= 11 is 0. The number of nitrogens with two attached hydrogens (primary N) is 1. The summed E-state index contributed by atoms with van der Waals surface area (Å²) in [5, 5.41) is 0. The van der Waals surface area contributed by atoms with Gasteiger partial charge in [-0.3, -0.25) is 4.98 Å². The van der Waals surface area contributed by atoms with Crippen molar-refractivity contribution < 1.29 is 0 Å². The minimum atomic E-state index is 0.711. The van der Waals surface area contributed by atoms with E-state index in [0.29, 0.717) is 5.69 Å². The molecule has 1 heterocycles. The summed E-state index contributed by atoms with van der Waals surface area (Å²) in [5.41, 5.74) is 6.01. The van der Waals surface area contributed by atoms with Gasteiger partial charge in [-0.05, 0) is 12.1 Å². The van der Waals surface area contributed by atoms with Crippen molar-refractivity contribution in [2.75, 3.05) is 5.73 Å². The van der Waals surface area contributed by atoms with Gasteiger partial charge in [0.15, 0.2) is 0 Å². The maximum atomic E-state index is 5.30. The van der Waals surface area contributed by atoms with Crippen LogP contribution in [0.4, 0.5) is 5.69 Å². The first kappa shape index (κ1) is 9.95. The molecule has 1 rings (SSSR count). The van der Waals surface area contributed by atoms with Gasteiger partial charge in [0.05, 0.1) is 5.69 Å². The van der Waals surface area contributed by atoms with E-state index >= 15 is 0 Å². The molecule has 0 aromatic carbocycles. The quantitative estimate of drug-likeness (QED) is 0.671. The summed E-state index contributed by atoms with van der Waals surface area (Å²) in [6.45, 7) is 4.36. The Kier molecular flexibility index (Phi) is 6.39. The fourth-order valence-electron chi connectivity index (χ4n) is 0.376. The van der Waals surface area contributed by atoms with E-state index in [-0.39, 0.29) is 0 Å². The van der Waals surface area contributed by atoms with Crippen molar-refractivity contribution >= 4 is 5.69 Å². The predicted molar refractivity (Wildman–Crippen MR) is 49.2 cm³/mol. The normalized spacial score (nSPS) is 8.18. The molecule has 2 nitrogen and oxygen atoms in total. The first-order chi connectivity index (χ1) is 5.31. The highest BCUT2D eigenvalue weighted by Crippen LogP contribution is 1.92. The van der Waals surface area contributed by atoms with Crippen molar-refractivity contribution in [1.29, 1.82) is 0 Å². The maximum absolute atomic E-state index is 5.30. The molecule has 62 valence electrons. The zero-order valence-corrected chi connectivity index (χ0v) is 7.25. The molecule has 0 saturated heterocycles. The molecule has 0 unspecified atom stereocenters. The SMILES string of the molecule is CCCC.Nc1cccnc1. The minimum absolute atomic E-state index is 0.711. The molecule has 0 fully saturated rings. The summed E-state index contributed by atoms with van der Waals surface area (Å²) in [6.07, 6.45) is 5.94. The van der Waals surface area contributed by atoms with Crippen molar-refractivity contribution in [3.05, 3.63) is 24.5 Å². The van der Waals surface area contributed by atoms with Gasteiger partial charge < -0.3 is 5.73 Å². The molecule has 2 N–H and O–H groups in total. The highest BCUT2D eigenvalue weighted by molar-refractivity contribution is 5.32. The Morgan fingerprint density at radius 2 is 2.00 bits per heavy atom. The molecule has 0 aliphatic carbocycles. The van der Waals surface area contributed by atoms with Gasteiger partial charge in [-0.2, -0.15) is 0 Å². The summed E-state index contributed by atoms with van der Waals surface area (Å²) in [4.78, 5) is 3.76. The average molecular weight is 152 g/mol. The van der Waals surface area contributed by atoms with Gasteiger partial charge in [-0.25, -0.2) is 0 Å². The van der Waals surface area contributed by atoms with Crippen LogP contribution < -0.4 is 5.73 Å². The van der Waals surface area contributed by atoms with E-state index in [1.807, 2.05) is 0 Å². The first-order valence-electron chi connectivity index (χ1n) is 3.96. The molecular formula is C9H16N2. The van der Waals surface area contributed by atoms with E-state index in [2.05, 4.69) is 18.8 Å². The van der Waals surface area contributed by atoms with Crippen LogP contribution in [0.2, 0.25) is 0 Å². The van der Waals surface area contributed by atoms with E-state index in [4.69, 9.17) is 5.73 Å². The van der Waals surface area contributed by atoms with Gasteiger partial charge in [0.25, 0.3) is 0 Å². The standard InChI is InChI=1S/C5H6N2.C4H10/c6-5-2-1-3-7-4-5;1-3-4-2/h1-4H,6H2;3-4H2,1-2H3. The molecule has 1 aromatic rings. The number of hydrogen-bond donors (Lipinski definition) is 1. The lowest BCUT2D eigenvalue weighted by Gasteiger charge is -1.83. The number of aromatic nitrogens is 1. The molecule has 0 bridgehead atoms. The average Bonchev–Trinajstić information content (AvgIpc) is 2.07. The van der Waals surface area contributed by atoms with Gasteiger partial charge in [0.2, 0.25) is 0 Å². The van der Waals surface area contributed by atoms with Crippen molar-refractivity contribution in [2.45, 2.75) is 26.7 Å². The van der Waals surface area contributed by atoms with Crippen LogP contribution in [-0.4, -0.2) is 4.98 Å². The Bertz CT molecular complexity index is 158. The summed E-state index contributed by atoms with van der Waals surface area (Å²) in [7, 11) is 0. The van der Waals surface area contributed by atoms with Gasteiger partial charge in [-0.1, -0.05) is 26.7 Å². The van der Waals surface area contributed by atoms with E-state index in [0.717, 1.165) is 0 Å². The lowest BCUT2D eigenvalue weighted by atomic mass is 10.4. The number of pyridine rings is 1. The topological polar surface area (TPSA) is 38.9 Å². The third-order valence-electron chi connectivity index (χ3n) is 1.18. The number of hydrogen-bond acceptors (Lipinski definition) is 2. The smallest absolute Gasteiger partial charge is 0.0500 e. The fraction of sp³-hybridized carbons (Fsp3) is 0.444.